The molecule has 1 aromatic rings. The van der Waals surface area contributed by atoms with E-state index in [-0.39, 0.29) is 17.5 Å². The third-order valence-corrected chi connectivity index (χ3v) is 3.60. The fourth-order valence-corrected chi connectivity index (χ4v) is 2.53. The van der Waals surface area contributed by atoms with Gasteiger partial charge in [0, 0.05) is 13.3 Å². The number of halogens is 1. The van der Waals surface area contributed by atoms with Crippen molar-refractivity contribution in [1.82, 2.24) is 10.3 Å². The first-order valence-corrected chi connectivity index (χ1v) is 6.11. The largest absolute Gasteiger partial charge is 0.376 e. The Labute approximate surface area is 101 Å². The van der Waals surface area contributed by atoms with E-state index in [4.69, 9.17) is 4.74 Å². The molecule has 1 unspecified atom stereocenters. The first-order valence-electron chi connectivity index (χ1n) is 6.11. The molecule has 0 spiro atoms. The van der Waals surface area contributed by atoms with Crippen LogP contribution in [0.2, 0.25) is 0 Å². The SMILES string of the molecule is CCNC(c1cncc(F)c1)C1(OC)CCC1. The Morgan fingerprint density at radius 2 is 2.29 bits per heavy atom. The Kier molecular flexibility index (Phi) is 3.74. The average Bonchev–Trinajstić information content (AvgIpc) is 2.27. The minimum absolute atomic E-state index is 0.0226. The molecule has 4 heteroatoms. The monoisotopic (exact) mass is 238 g/mol. The van der Waals surface area contributed by atoms with Gasteiger partial charge in [-0.15, -0.1) is 0 Å². The molecule has 1 N–H and O–H groups in total. The van der Waals surface area contributed by atoms with Crippen molar-refractivity contribution in [3.05, 3.63) is 29.8 Å². The molecule has 0 aromatic carbocycles. The summed E-state index contributed by atoms with van der Waals surface area (Å²) >= 11 is 0. The molecule has 1 aliphatic rings. The lowest BCUT2D eigenvalue weighted by Crippen LogP contribution is -2.50. The molecular formula is C13H19FN2O. The lowest BCUT2D eigenvalue weighted by Gasteiger charge is -2.46. The molecule has 0 bridgehead atoms. The fourth-order valence-electron chi connectivity index (χ4n) is 2.53. The van der Waals surface area contributed by atoms with Gasteiger partial charge in [-0.05, 0) is 37.4 Å². The summed E-state index contributed by atoms with van der Waals surface area (Å²) in [5.74, 6) is -0.295. The molecule has 1 aromatic heterocycles. The standard InChI is InChI=1S/C13H19FN2O/c1-3-16-12(13(17-2)5-4-6-13)10-7-11(14)9-15-8-10/h7-9,12,16H,3-6H2,1-2H3. The van der Waals surface area contributed by atoms with Gasteiger partial charge < -0.3 is 10.1 Å². The van der Waals surface area contributed by atoms with Crippen molar-refractivity contribution < 1.29 is 9.13 Å². The molecule has 94 valence electrons. The van der Waals surface area contributed by atoms with Crippen molar-refractivity contribution in [3.8, 4) is 0 Å². The van der Waals surface area contributed by atoms with E-state index >= 15 is 0 Å². The summed E-state index contributed by atoms with van der Waals surface area (Å²) in [5, 5.41) is 3.39. The summed E-state index contributed by atoms with van der Waals surface area (Å²) in [6.45, 7) is 2.87. The highest BCUT2D eigenvalue weighted by molar-refractivity contribution is 5.21. The van der Waals surface area contributed by atoms with Gasteiger partial charge in [0.1, 0.15) is 5.82 Å². The van der Waals surface area contributed by atoms with Gasteiger partial charge in [-0.25, -0.2) is 4.39 Å². The van der Waals surface area contributed by atoms with Crippen LogP contribution in [0.4, 0.5) is 4.39 Å². The summed E-state index contributed by atoms with van der Waals surface area (Å²) in [4.78, 5) is 3.92. The van der Waals surface area contributed by atoms with E-state index in [1.807, 2.05) is 6.92 Å². The second-order valence-electron chi connectivity index (χ2n) is 4.55. The van der Waals surface area contributed by atoms with Crippen LogP contribution in [0, 0.1) is 5.82 Å². The topological polar surface area (TPSA) is 34.2 Å². The number of likely N-dealkylation sites (N-methyl/N-ethyl adjacent to an activating group) is 1. The predicted molar refractivity (Wildman–Crippen MR) is 64.2 cm³/mol. The maximum atomic E-state index is 13.3. The van der Waals surface area contributed by atoms with Crippen molar-refractivity contribution in [2.24, 2.45) is 0 Å². The number of hydrogen-bond acceptors (Lipinski definition) is 3. The number of pyridine rings is 1. The predicted octanol–water partition coefficient (Wildman–Crippen LogP) is 2.44. The maximum Gasteiger partial charge on any atom is 0.141 e. The Hall–Kier alpha value is -1.00. The van der Waals surface area contributed by atoms with Gasteiger partial charge in [-0.2, -0.15) is 0 Å². The van der Waals surface area contributed by atoms with Crippen LogP contribution in [0.3, 0.4) is 0 Å². The number of nitrogens with zero attached hydrogens (tertiary/aromatic N) is 1. The normalized spacial score (nSPS) is 19.7. The zero-order valence-corrected chi connectivity index (χ0v) is 10.4. The third-order valence-electron chi connectivity index (χ3n) is 3.60. The molecule has 2 rings (SSSR count). The number of rotatable bonds is 5. The maximum absolute atomic E-state index is 13.3. The summed E-state index contributed by atoms with van der Waals surface area (Å²) in [6, 6.07) is 1.56. The van der Waals surface area contributed by atoms with E-state index < -0.39 is 0 Å². The van der Waals surface area contributed by atoms with E-state index in [2.05, 4.69) is 10.3 Å². The van der Waals surface area contributed by atoms with Gasteiger partial charge in [-0.1, -0.05) is 6.92 Å². The van der Waals surface area contributed by atoms with Crippen molar-refractivity contribution in [2.45, 2.75) is 37.8 Å². The summed E-state index contributed by atoms with van der Waals surface area (Å²) in [6.07, 6.45) is 6.14. The van der Waals surface area contributed by atoms with Crippen molar-refractivity contribution >= 4 is 0 Å². The van der Waals surface area contributed by atoms with Crippen LogP contribution in [-0.4, -0.2) is 24.2 Å². The zero-order valence-electron chi connectivity index (χ0n) is 10.4. The third kappa shape index (κ3) is 2.33. The van der Waals surface area contributed by atoms with Crippen LogP contribution < -0.4 is 5.32 Å². The Morgan fingerprint density at radius 1 is 1.53 bits per heavy atom. The average molecular weight is 238 g/mol. The van der Waals surface area contributed by atoms with Gasteiger partial charge in [-0.3, -0.25) is 4.98 Å². The fraction of sp³-hybridized carbons (Fsp3) is 0.615. The first-order chi connectivity index (χ1) is 8.22. The van der Waals surface area contributed by atoms with Gasteiger partial charge >= 0.3 is 0 Å². The molecule has 1 atom stereocenters. The van der Waals surface area contributed by atoms with Crippen LogP contribution in [0.1, 0.15) is 37.8 Å². The van der Waals surface area contributed by atoms with Crippen LogP contribution in [0.15, 0.2) is 18.5 Å². The number of methoxy groups -OCH3 is 1. The van der Waals surface area contributed by atoms with Crippen LogP contribution in [0.25, 0.3) is 0 Å². The minimum Gasteiger partial charge on any atom is -0.376 e. The van der Waals surface area contributed by atoms with Crippen molar-refractivity contribution in [3.63, 3.8) is 0 Å². The molecule has 0 saturated heterocycles. The molecule has 1 saturated carbocycles. The van der Waals surface area contributed by atoms with E-state index in [1.165, 1.54) is 12.6 Å². The van der Waals surface area contributed by atoms with Crippen LogP contribution in [0.5, 0.6) is 0 Å². The van der Waals surface area contributed by atoms with E-state index in [0.717, 1.165) is 24.9 Å². The highest BCUT2D eigenvalue weighted by Crippen LogP contribution is 2.44. The molecule has 1 heterocycles. The molecule has 17 heavy (non-hydrogen) atoms. The molecule has 0 aliphatic heterocycles. The van der Waals surface area contributed by atoms with Crippen molar-refractivity contribution in [2.75, 3.05) is 13.7 Å². The highest BCUT2D eigenvalue weighted by Gasteiger charge is 2.45. The van der Waals surface area contributed by atoms with Crippen LogP contribution >= 0.6 is 0 Å². The van der Waals surface area contributed by atoms with E-state index in [0.29, 0.717) is 0 Å². The highest BCUT2D eigenvalue weighted by atomic mass is 19.1. The summed E-state index contributed by atoms with van der Waals surface area (Å²) < 4.78 is 18.9. The molecular weight excluding hydrogens is 219 g/mol. The van der Waals surface area contributed by atoms with Gasteiger partial charge in [0.25, 0.3) is 0 Å². The molecule has 1 aliphatic carbocycles. The summed E-state index contributed by atoms with van der Waals surface area (Å²) in [5.41, 5.74) is 0.680. The molecule has 1 fully saturated rings. The second-order valence-corrected chi connectivity index (χ2v) is 4.55. The Bertz CT molecular complexity index is 374. The van der Waals surface area contributed by atoms with Crippen molar-refractivity contribution in [1.29, 1.82) is 0 Å². The van der Waals surface area contributed by atoms with Crippen LogP contribution in [-0.2, 0) is 4.74 Å². The van der Waals surface area contributed by atoms with Gasteiger partial charge in [0.15, 0.2) is 0 Å². The molecule has 3 nitrogen and oxygen atoms in total. The number of aromatic nitrogens is 1. The first kappa shape index (κ1) is 12.5. The molecule has 0 amide bonds. The van der Waals surface area contributed by atoms with E-state index in [1.54, 1.807) is 19.4 Å². The number of nitrogens with one attached hydrogen (secondary N) is 1. The zero-order chi connectivity index (χ0) is 12.3. The summed E-state index contributed by atoms with van der Waals surface area (Å²) in [7, 11) is 1.73. The Balaban J connectivity index is 2.28. The lowest BCUT2D eigenvalue weighted by molar-refractivity contribution is -0.0996. The van der Waals surface area contributed by atoms with Gasteiger partial charge in [0.2, 0.25) is 0 Å². The number of hydrogen-bond donors (Lipinski definition) is 1. The Morgan fingerprint density at radius 3 is 2.76 bits per heavy atom. The smallest absolute Gasteiger partial charge is 0.141 e. The number of ether oxygens (including phenoxy) is 1. The molecule has 0 radical (unpaired) electrons. The minimum atomic E-state index is -0.295. The quantitative estimate of drug-likeness (QED) is 0.855. The van der Waals surface area contributed by atoms with Gasteiger partial charge in [0.05, 0.1) is 17.8 Å². The lowest BCUT2D eigenvalue weighted by atomic mass is 9.72. The second kappa shape index (κ2) is 5.10. The van der Waals surface area contributed by atoms with E-state index in [9.17, 15) is 4.39 Å².